The Morgan fingerprint density at radius 3 is 2.27 bits per heavy atom. The van der Waals surface area contributed by atoms with Gasteiger partial charge in [-0.3, -0.25) is 4.79 Å². The van der Waals surface area contributed by atoms with Crippen LogP contribution in [-0.4, -0.2) is 24.1 Å². The van der Waals surface area contributed by atoms with Crippen LogP contribution in [0.3, 0.4) is 0 Å². The Morgan fingerprint density at radius 1 is 1.00 bits per heavy atom. The topological polar surface area (TPSA) is 55.8 Å². The highest BCUT2D eigenvalue weighted by Gasteiger charge is 2.11. The van der Waals surface area contributed by atoms with Crippen LogP contribution in [0.2, 0.25) is 0 Å². The van der Waals surface area contributed by atoms with E-state index in [1.165, 1.54) is 18.2 Å². The molecule has 0 fully saturated rings. The highest BCUT2D eigenvalue weighted by molar-refractivity contribution is 6.07. The molecule has 2 aromatic rings. The van der Waals surface area contributed by atoms with Gasteiger partial charge in [-0.05, 0) is 68.3 Å². The molecule has 0 bridgehead atoms. The second-order valence-electron chi connectivity index (χ2n) is 5.86. The second kappa shape index (κ2) is 9.66. The minimum absolute atomic E-state index is 0.127. The zero-order valence-corrected chi connectivity index (χ0v) is 15.6. The smallest absolute Gasteiger partial charge is 0.185 e. The van der Waals surface area contributed by atoms with E-state index in [2.05, 4.69) is 6.92 Å². The highest BCUT2D eigenvalue weighted by atomic mass is 16.5. The number of allylic oxidation sites excluding steroid dienone is 1. The molecule has 4 nitrogen and oxygen atoms in total. The maximum Gasteiger partial charge on any atom is 0.185 e. The van der Waals surface area contributed by atoms with Gasteiger partial charge in [-0.15, -0.1) is 0 Å². The maximum absolute atomic E-state index is 12.3. The fraction of sp³-hybridized carbons (Fsp3) is 0.318. The van der Waals surface area contributed by atoms with Crippen LogP contribution in [0.1, 0.15) is 48.7 Å². The zero-order valence-electron chi connectivity index (χ0n) is 15.6. The van der Waals surface area contributed by atoms with Crippen molar-refractivity contribution in [3.8, 4) is 17.2 Å². The number of phenolic OH excluding ortho intramolecular Hbond substituents is 1. The van der Waals surface area contributed by atoms with Gasteiger partial charge in [0.25, 0.3) is 0 Å². The molecule has 0 heterocycles. The van der Waals surface area contributed by atoms with Gasteiger partial charge in [-0.1, -0.05) is 13.3 Å². The molecule has 0 aliphatic heterocycles. The molecule has 2 aromatic carbocycles. The summed E-state index contributed by atoms with van der Waals surface area (Å²) in [5.41, 5.74) is 2.48. The monoisotopic (exact) mass is 354 g/mol. The first-order valence-electron chi connectivity index (χ1n) is 9.02. The Labute approximate surface area is 155 Å². The molecule has 0 spiro atoms. The van der Waals surface area contributed by atoms with E-state index in [-0.39, 0.29) is 11.5 Å². The van der Waals surface area contributed by atoms with Gasteiger partial charge >= 0.3 is 0 Å². The van der Waals surface area contributed by atoms with Crippen LogP contribution in [0.4, 0.5) is 0 Å². The highest BCUT2D eigenvalue weighted by Crippen LogP contribution is 2.31. The summed E-state index contributed by atoms with van der Waals surface area (Å²) < 4.78 is 11.5. The van der Waals surface area contributed by atoms with Crippen molar-refractivity contribution in [3.63, 3.8) is 0 Å². The predicted molar refractivity (Wildman–Crippen MR) is 104 cm³/mol. The number of rotatable bonds is 9. The number of aromatic hydroxyl groups is 1. The van der Waals surface area contributed by atoms with Crippen LogP contribution in [0.25, 0.3) is 6.08 Å². The molecule has 1 N–H and O–H groups in total. The summed E-state index contributed by atoms with van der Waals surface area (Å²) in [6.07, 6.45) is 5.20. The molecule has 0 unspecified atom stereocenters. The second-order valence-corrected chi connectivity index (χ2v) is 5.86. The lowest BCUT2D eigenvalue weighted by Gasteiger charge is -2.15. The van der Waals surface area contributed by atoms with Gasteiger partial charge < -0.3 is 14.6 Å². The van der Waals surface area contributed by atoms with Crippen LogP contribution in [0.5, 0.6) is 17.2 Å². The van der Waals surface area contributed by atoms with E-state index in [1.807, 2.05) is 26.0 Å². The third-order valence-corrected chi connectivity index (χ3v) is 3.88. The molecule has 0 saturated carbocycles. The molecular formula is C22H26O4. The van der Waals surface area contributed by atoms with Gasteiger partial charge in [0.05, 0.1) is 13.2 Å². The van der Waals surface area contributed by atoms with Crippen LogP contribution in [0.15, 0.2) is 42.5 Å². The number of aryl methyl sites for hydroxylation is 1. The number of benzene rings is 2. The zero-order chi connectivity index (χ0) is 18.9. The van der Waals surface area contributed by atoms with Gasteiger partial charge in [-0.25, -0.2) is 0 Å². The Kier molecular flexibility index (Phi) is 7.27. The van der Waals surface area contributed by atoms with E-state index >= 15 is 0 Å². The lowest BCUT2D eigenvalue weighted by molar-refractivity contribution is 0.104. The molecular weight excluding hydrogens is 328 g/mol. The summed E-state index contributed by atoms with van der Waals surface area (Å²) in [5, 5.41) is 9.33. The number of carbonyl (C=O) groups excluding carboxylic acids is 1. The fourth-order valence-electron chi connectivity index (χ4n) is 2.68. The van der Waals surface area contributed by atoms with E-state index in [1.54, 1.807) is 18.2 Å². The first kappa shape index (κ1) is 19.6. The third kappa shape index (κ3) is 5.12. The summed E-state index contributed by atoms with van der Waals surface area (Å²) in [7, 11) is 0. The maximum atomic E-state index is 12.3. The molecule has 0 saturated heterocycles. The number of hydrogen-bond donors (Lipinski definition) is 1. The van der Waals surface area contributed by atoms with Crippen molar-refractivity contribution in [1.29, 1.82) is 0 Å². The van der Waals surface area contributed by atoms with E-state index < -0.39 is 0 Å². The predicted octanol–water partition coefficient (Wildman–Crippen LogP) is 5.04. The van der Waals surface area contributed by atoms with E-state index in [9.17, 15) is 9.90 Å². The Bertz CT molecular complexity index is 760. The van der Waals surface area contributed by atoms with Gasteiger partial charge in [0.2, 0.25) is 0 Å². The van der Waals surface area contributed by atoms with Gasteiger partial charge in [0, 0.05) is 17.2 Å². The number of carbonyl (C=O) groups is 1. The number of phenols is 1. The molecule has 0 amide bonds. The summed E-state index contributed by atoms with van der Waals surface area (Å²) in [5.74, 6) is 1.55. The Morgan fingerprint density at radius 2 is 1.65 bits per heavy atom. The van der Waals surface area contributed by atoms with Gasteiger partial charge in [-0.2, -0.15) is 0 Å². The largest absolute Gasteiger partial charge is 0.508 e. The van der Waals surface area contributed by atoms with Crippen molar-refractivity contribution in [2.24, 2.45) is 0 Å². The lowest BCUT2D eigenvalue weighted by atomic mass is 10.0. The molecule has 138 valence electrons. The number of ether oxygens (including phenoxy) is 2. The van der Waals surface area contributed by atoms with Gasteiger partial charge in [0.15, 0.2) is 5.78 Å². The summed E-state index contributed by atoms with van der Waals surface area (Å²) in [6.45, 7) is 7.13. The third-order valence-electron chi connectivity index (χ3n) is 3.88. The molecule has 4 heteroatoms. The molecule has 2 rings (SSSR count). The van der Waals surface area contributed by atoms with Crippen molar-refractivity contribution >= 4 is 11.9 Å². The Hall–Kier alpha value is -2.75. The van der Waals surface area contributed by atoms with Gasteiger partial charge in [0.1, 0.15) is 17.2 Å². The van der Waals surface area contributed by atoms with E-state index in [4.69, 9.17) is 9.47 Å². The molecule has 0 aromatic heterocycles. The molecule has 26 heavy (non-hydrogen) atoms. The van der Waals surface area contributed by atoms with E-state index in [0.29, 0.717) is 24.5 Å². The van der Waals surface area contributed by atoms with Crippen LogP contribution < -0.4 is 9.47 Å². The average molecular weight is 354 g/mol. The quantitative estimate of drug-likeness (QED) is 0.506. The van der Waals surface area contributed by atoms with Crippen LogP contribution >= 0.6 is 0 Å². The number of hydrogen-bond acceptors (Lipinski definition) is 4. The first-order chi connectivity index (χ1) is 12.6. The SMILES string of the molecule is CCCc1cc(/C=C/C(=O)c2ccc(O)cc2)c(OCC)cc1OCC. The van der Waals surface area contributed by atoms with Crippen molar-refractivity contribution in [3.05, 3.63) is 59.2 Å². The standard InChI is InChI=1S/C22H26O4/c1-4-7-17-14-18(22(26-6-3)15-21(17)25-5-2)10-13-20(24)16-8-11-19(23)12-9-16/h8-15,23H,4-7H2,1-3H3/b13-10+. The summed E-state index contributed by atoms with van der Waals surface area (Å²) in [4.78, 5) is 12.3. The Balaban J connectivity index is 2.34. The average Bonchev–Trinajstić information content (AvgIpc) is 2.63. The van der Waals surface area contributed by atoms with Crippen LogP contribution in [0, 0.1) is 0 Å². The first-order valence-corrected chi connectivity index (χ1v) is 9.02. The molecule has 0 aliphatic carbocycles. The molecule has 0 aliphatic rings. The lowest BCUT2D eigenvalue weighted by Crippen LogP contribution is -2.01. The van der Waals surface area contributed by atoms with Crippen molar-refractivity contribution in [2.45, 2.75) is 33.6 Å². The normalized spacial score (nSPS) is 10.9. The summed E-state index contributed by atoms with van der Waals surface area (Å²) in [6, 6.07) is 10.1. The fourth-order valence-corrected chi connectivity index (χ4v) is 2.68. The minimum atomic E-state index is -0.127. The minimum Gasteiger partial charge on any atom is -0.508 e. The van der Waals surface area contributed by atoms with Crippen LogP contribution in [-0.2, 0) is 6.42 Å². The molecule has 0 atom stereocenters. The van der Waals surface area contributed by atoms with Crippen molar-refractivity contribution in [1.82, 2.24) is 0 Å². The van der Waals surface area contributed by atoms with Crippen molar-refractivity contribution < 1.29 is 19.4 Å². The summed E-state index contributed by atoms with van der Waals surface area (Å²) >= 11 is 0. The number of ketones is 1. The van der Waals surface area contributed by atoms with Crippen molar-refractivity contribution in [2.75, 3.05) is 13.2 Å². The molecule has 0 radical (unpaired) electrons. The van der Waals surface area contributed by atoms with E-state index in [0.717, 1.165) is 29.7 Å².